The molecule has 1 aliphatic carbocycles. The molecule has 0 N–H and O–H groups in total. The van der Waals surface area contributed by atoms with Gasteiger partial charge >= 0.3 is 0 Å². The number of ketones is 1. The van der Waals surface area contributed by atoms with Crippen molar-refractivity contribution < 1.29 is 4.79 Å². The van der Waals surface area contributed by atoms with Gasteiger partial charge in [-0.2, -0.15) is 5.11 Å². The first kappa shape index (κ1) is 18.5. The molecule has 138 valence electrons. The molecule has 0 fully saturated rings. The summed E-state index contributed by atoms with van der Waals surface area (Å²) in [5.74, 6) is 0.0637. The fraction of sp³-hybridized carbons (Fsp3) is 0.0870. The van der Waals surface area contributed by atoms with Gasteiger partial charge in [-0.3, -0.25) is 4.79 Å². The molecule has 0 unspecified atom stereocenters. The van der Waals surface area contributed by atoms with Crippen molar-refractivity contribution in [2.75, 3.05) is 0 Å². The maximum atomic E-state index is 12.2. The molecule has 1 heterocycles. The van der Waals surface area contributed by atoms with Gasteiger partial charge in [0.2, 0.25) is 0 Å². The Morgan fingerprint density at radius 2 is 1.64 bits per heavy atom. The van der Waals surface area contributed by atoms with Crippen molar-refractivity contribution in [2.24, 2.45) is 10.2 Å². The maximum absolute atomic E-state index is 12.2. The molecule has 0 saturated carbocycles. The van der Waals surface area contributed by atoms with E-state index >= 15 is 0 Å². The van der Waals surface area contributed by atoms with E-state index in [2.05, 4.69) is 27.7 Å². The standard InChI is InChI=1S/C23H17ClN2OS/c1-14-11-17(12-15(2)22(14)27)21(26-25-19-9-7-18(24)8-10-19)23-20-6-4-3-5-16(20)13-28-23/h3-13H,1-2H3. The number of halogens is 1. The van der Waals surface area contributed by atoms with E-state index in [1.807, 2.05) is 50.3 Å². The molecule has 5 heteroatoms. The third kappa shape index (κ3) is 3.61. The number of thiophene rings is 1. The molecule has 0 atom stereocenters. The molecule has 28 heavy (non-hydrogen) atoms. The van der Waals surface area contributed by atoms with Crippen molar-refractivity contribution in [3.05, 3.63) is 92.7 Å². The molecule has 0 radical (unpaired) electrons. The smallest absolute Gasteiger partial charge is 0.184 e. The van der Waals surface area contributed by atoms with Crippen LogP contribution in [0.4, 0.5) is 5.69 Å². The minimum atomic E-state index is 0.0637. The van der Waals surface area contributed by atoms with Crippen molar-refractivity contribution in [1.82, 2.24) is 0 Å². The summed E-state index contributed by atoms with van der Waals surface area (Å²) >= 11 is 7.59. The summed E-state index contributed by atoms with van der Waals surface area (Å²) in [4.78, 5) is 13.2. The molecule has 0 aliphatic heterocycles. The van der Waals surface area contributed by atoms with E-state index in [1.54, 1.807) is 23.5 Å². The van der Waals surface area contributed by atoms with Gasteiger partial charge in [-0.1, -0.05) is 35.9 Å². The van der Waals surface area contributed by atoms with Gasteiger partial charge in [0.25, 0.3) is 0 Å². The Morgan fingerprint density at radius 1 is 0.964 bits per heavy atom. The van der Waals surface area contributed by atoms with Crippen LogP contribution in [0.5, 0.6) is 0 Å². The number of carbonyl (C=O) groups excluding carboxylic acids is 1. The maximum Gasteiger partial charge on any atom is 0.184 e. The monoisotopic (exact) mass is 404 g/mol. The Balaban J connectivity index is 1.90. The quantitative estimate of drug-likeness (QED) is 0.416. The van der Waals surface area contributed by atoms with Gasteiger partial charge in [0.15, 0.2) is 5.78 Å². The Morgan fingerprint density at radius 3 is 2.36 bits per heavy atom. The van der Waals surface area contributed by atoms with E-state index in [0.717, 1.165) is 32.6 Å². The highest BCUT2D eigenvalue weighted by Crippen LogP contribution is 2.37. The second kappa shape index (κ2) is 7.66. The van der Waals surface area contributed by atoms with Gasteiger partial charge in [-0.25, -0.2) is 0 Å². The van der Waals surface area contributed by atoms with Crippen LogP contribution in [0.25, 0.3) is 16.5 Å². The normalized spacial score (nSPS) is 14.5. The van der Waals surface area contributed by atoms with Crippen LogP contribution in [0, 0.1) is 0 Å². The number of rotatable bonds is 3. The fourth-order valence-electron chi connectivity index (χ4n) is 3.11. The minimum Gasteiger partial charge on any atom is -0.289 e. The summed E-state index contributed by atoms with van der Waals surface area (Å²) in [5, 5.41) is 14.1. The van der Waals surface area contributed by atoms with Crippen LogP contribution in [0.3, 0.4) is 0 Å². The van der Waals surface area contributed by atoms with Gasteiger partial charge in [0.05, 0.1) is 10.6 Å². The SMILES string of the molecule is CC1=CC(=C(N=Nc2ccc(Cl)cc2)c2scc3ccccc23)C=C(C)C1=O. The fourth-order valence-corrected chi connectivity index (χ4v) is 4.27. The average Bonchev–Trinajstić information content (AvgIpc) is 3.12. The van der Waals surface area contributed by atoms with E-state index in [4.69, 9.17) is 11.6 Å². The number of allylic oxidation sites excluding steroid dienone is 5. The third-order valence-electron chi connectivity index (χ3n) is 4.55. The average molecular weight is 405 g/mol. The largest absolute Gasteiger partial charge is 0.289 e. The second-order valence-corrected chi connectivity index (χ2v) is 7.93. The number of nitrogens with zero attached hydrogens (tertiary/aromatic N) is 2. The van der Waals surface area contributed by atoms with Crippen LogP contribution < -0.4 is 0 Å². The molecule has 0 saturated heterocycles. The molecule has 3 aromatic rings. The second-order valence-electron chi connectivity index (χ2n) is 6.62. The van der Waals surface area contributed by atoms with Gasteiger partial charge in [0.1, 0.15) is 5.70 Å². The lowest BCUT2D eigenvalue weighted by atomic mass is 9.94. The van der Waals surface area contributed by atoms with E-state index in [-0.39, 0.29) is 5.78 Å². The van der Waals surface area contributed by atoms with E-state index in [9.17, 15) is 4.79 Å². The van der Waals surface area contributed by atoms with Crippen LogP contribution in [-0.4, -0.2) is 5.78 Å². The van der Waals surface area contributed by atoms with Crippen molar-refractivity contribution in [3.8, 4) is 0 Å². The summed E-state index contributed by atoms with van der Waals surface area (Å²) in [6.07, 6.45) is 3.78. The lowest BCUT2D eigenvalue weighted by Gasteiger charge is -2.12. The summed E-state index contributed by atoms with van der Waals surface area (Å²) in [6, 6.07) is 15.4. The zero-order valence-electron chi connectivity index (χ0n) is 15.4. The van der Waals surface area contributed by atoms with Crippen LogP contribution in [0.2, 0.25) is 5.02 Å². The van der Waals surface area contributed by atoms with Crippen LogP contribution >= 0.6 is 22.9 Å². The number of benzene rings is 2. The minimum absolute atomic E-state index is 0.0637. The number of fused-ring (bicyclic) bond motifs is 1. The molecule has 1 aliphatic rings. The predicted molar refractivity (Wildman–Crippen MR) is 117 cm³/mol. The van der Waals surface area contributed by atoms with Gasteiger partial charge in [-0.15, -0.1) is 16.5 Å². The third-order valence-corrected chi connectivity index (χ3v) is 5.82. The Labute approximate surface area is 172 Å². The van der Waals surface area contributed by atoms with Crippen LogP contribution in [0.1, 0.15) is 18.7 Å². The number of carbonyl (C=O) groups is 1. The van der Waals surface area contributed by atoms with Crippen molar-refractivity contribution >= 4 is 50.9 Å². The Kier molecular flexibility index (Phi) is 5.07. The molecule has 2 aromatic carbocycles. The zero-order chi connectivity index (χ0) is 19.7. The van der Waals surface area contributed by atoms with Crippen LogP contribution in [-0.2, 0) is 4.79 Å². The molecule has 3 nitrogen and oxygen atoms in total. The van der Waals surface area contributed by atoms with E-state index in [1.165, 1.54) is 0 Å². The van der Waals surface area contributed by atoms with Crippen molar-refractivity contribution in [2.45, 2.75) is 13.8 Å². The van der Waals surface area contributed by atoms with Gasteiger partial charge in [0, 0.05) is 16.0 Å². The molecular weight excluding hydrogens is 388 g/mol. The molecule has 0 spiro atoms. The van der Waals surface area contributed by atoms with E-state index < -0.39 is 0 Å². The molecule has 0 bridgehead atoms. The number of hydrogen-bond acceptors (Lipinski definition) is 4. The first-order valence-corrected chi connectivity index (χ1v) is 10.1. The van der Waals surface area contributed by atoms with Gasteiger partial charge < -0.3 is 0 Å². The first-order chi connectivity index (χ1) is 13.5. The summed E-state index contributed by atoms with van der Waals surface area (Å²) in [6.45, 7) is 3.67. The highest BCUT2D eigenvalue weighted by molar-refractivity contribution is 7.12. The summed E-state index contributed by atoms with van der Waals surface area (Å²) in [7, 11) is 0. The summed E-state index contributed by atoms with van der Waals surface area (Å²) < 4.78 is 0. The predicted octanol–water partition coefficient (Wildman–Crippen LogP) is 7.53. The lowest BCUT2D eigenvalue weighted by molar-refractivity contribution is -0.112. The Bertz CT molecular complexity index is 1170. The van der Waals surface area contributed by atoms with Crippen molar-refractivity contribution in [3.63, 3.8) is 0 Å². The number of azo groups is 1. The molecule has 1 aromatic heterocycles. The summed E-state index contributed by atoms with van der Waals surface area (Å²) in [5.41, 5.74) is 3.77. The first-order valence-electron chi connectivity index (χ1n) is 8.82. The van der Waals surface area contributed by atoms with Gasteiger partial charge in [-0.05, 0) is 72.2 Å². The zero-order valence-corrected chi connectivity index (χ0v) is 17.0. The number of hydrogen-bond donors (Lipinski definition) is 0. The Hall–Kier alpha value is -2.82. The van der Waals surface area contributed by atoms with Crippen LogP contribution in [0.15, 0.2) is 93.0 Å². The van der Waals surface area contributed by atoms with Crippen molar-refractivity contribution in [1.29, 1.82) is 0 Å². The molecular formula is C23H17ClN2OS. The lowest BCUT2D eigenvalue weighted by Crippen LogP contribution is -2.06. The topological polar surface area (TPSA) is 41.8 Å². The highest BCUT2D eigenvalue weighted by Gasteiger charge is 2.18. The highest BCUT2D eigenvalue weighted by atomic mass is 35.5. The molecule has 4 rings (SSSR count). The number of Topliss-reactive ketones (excluding diaryl/α,β-unsaturated/α-hetero) is 1. The molecule has 0 amide bonds. The van der Waals surface area contributed by atoms with E-state index in [0.29, 0.717) is 16.2 Å².